The minimum atomic E-state index is 0.732. The predicted octanol–water partition coefficient (Wildman–Crippen LogP) is 14.5. The van der Waals surface area contributed by atoms with Crippen molar-refractivity contribution >= 4 is 54.4 Å². The van der Waals surface area contributed by atoms with Gasteiger partial charge in [0.2, 0.25) is 0 Å². The van der Waals surface area contributed by atoms with Crippen LogP contribution in [0.2, 0.25) is 0 Å². The molecule has 4 nitrogen and oxygen atoms in total. The van der Waals surface area contributed by atoms with E-state index in [4.69, 9.17) is 9.97 Å². The van der Waals surface area contributed by atoms with Crippen LogP contribution in [0.3, 0.4) is 0 Å². The van der Waals surface area contributed by atoms with E-state index in [0.717, 1.165) is 50.8 Å². The molecule has 60 heavy (non-hydrogen) atoms. The summed E-state index contributed by atoms with van der Waals surface area (Å²) in [5, 5.41) is 7.43. The average molecular weight is 763 g/mol. The van der Waals surface area contributed by atoms with Gasteiger partial charge in [0.25, 0.3) is 0 Å². The Kier molecular flexibility index (Phi) is 6.98. The minimum absolute atomic E-state index is 0.732. The van der Waals surface area contributed by atoms with Gasteiger partial charge in [-0.15, -0.1) is 0 Å². The lowest BCUT2D eigenvalue weighted by Crippen LogP contribution is -1.98. The van der Waals surface area contributed by atoms with Crippen LogP contribution < -0.4 is 0 Å². The Hall–Kier alpha value is -8.08. The van der Waals surface area contributed by atoms with E-state index >= 15 is 0 Å². The second kappa shape index (κ2) is 12.7. The van der Waals surface area contributed by atoms with Crippen molar-refractivity contribution in [2.75, 3.05) is 0 Å². The molecule has 0 atom stereocenters. The Morgan fingerprint density at radius 3 is 1.42 bits per heavy atom. The summed E-state index contributed by atoms with van der Waals surface area (Å²) >= 11 is 0. The van der Waals surface area contributed by atoms with Crippen molar-refractivity contribution in [1.29, 1.82) is 0 Å². The Bertz CT molecular complexity index is 3680. The van der Waals surface area contributed by atoms with E-state index in [-0.39, 0.29) is 0 Å². The molecule has 1 aliphatic carbocycles. The Morgan fingerprint density at radius 1 is 0.300 bits per heavy atom. The zero-order chi connectivity index (χ0) is 39.3. The van der Waals surface area contributed by atoms with Gasteiger partial charge in [0.15, 0.2) is 5.82 Å². The van der Waals surface area contributed by atoms with E-state index in [1.165, 1.54) is 71.1 Å². The van der Waals surface area contributed by atoms with Crippen LogP contribution in [0.5, 0.6) is 0 Å². The van der Waals surface area contributed by atoms with Crippen molar-refractivity contribution in [3.63, 3.8) is 0 Å². The highest BCUT2D eigenvalue weighted by Crippen LogP contribution is 2.50. The van der Waals surface area contributed by atoms with Crippen molar-refractivity contribution in [1.82, 2.24) is 19.1 Å². The van der Waals surface area contributed by atoms with Crippen molar-refractivity contribution in [3.05, 3.63) is 206 Å². The lowest BCUT2D eigenvalue weighted by Gasteiger charge is -2.14. The van der Waals surface area contributed by atoms with E-state index in [1.807, 2.05) is 6.07 Å². The molecule has 0 saturated heterocycles. The molecule has 13 rings (SSSR count). The van der Waals surface area contributed by atoms with Gasteiger partial charge in [-0.25, -0.2) is 9.97 Å². The van der Waals surface area contributed by atoms with Gasteiger partial charge >= 0.3 is 0 Å². The molecule has 9 aromatic carbocycles. The van der Waals surface area contributed by atoms with E-state index in [9.17, 15) is 0 Å². The molecule has 278 valence electrons. The largest absolute Gasteiger partial charge is 0.309 e. The summed E-state index contributed by atoms with van der Waals surface area (Å²) in [6, 6.07) is 74.2. The third kappa shape index (κ3) is 4.67. The van der Waals surface area contributed by atoms with Crippen molar-refractivity contribution < 1.29 is 0 Å². The SMILES string of the molecule is c1ccc(-c2nc(-c3ccc(-n4c5ccccc5c5c(-c6cccc7c6c6ccccc6n7-c6ccccc6)cccc54)cc3)c3c(n2)-c2cccc4cccc-3c24)cc1. The molecule has 3 aromatic heterocycles. The third-order valence-corrected chi connectivity index (χ3v) is 12.5. The Balaban J connectivity index is 1.01. The number of benzene rings is 9. The lowest BCUT2D eigenvalue weighted by atomic mass is 9.95. The number of rotatable bonds is 5. The number of hydrogen-bond donors (Lipinski definition) is 0. The van der Waals surface area contributed by atoms with E-state index in [1.54, 1.807) is 0 Å². The number of fused-ring (bicyclic) bond motifs is 9. The average Bonchev–Trinajstić information content (AvgIpc) is 3.96. The molecule has 0 saturated carbocycles. The highest BCUT2D eigenvalue weighted by Gasteiger charge is 2.28. The van der Waals surface area contributed by atoms with E-state index < -0.39 is 0 Å². The van der Waals surface area contributed by atoms with E-state index in [0.29, 0.717) is 0 Å². The fraction of sp³-hybridized carbons (Fsp3) is 0. The van der Waals surface area contributed by atoms with Crippen LogP contribution in [0.4, 0.5) is 0 Å². The van der Waals surface area contributed by atoms with Crippen LogP contribution in [0, 0.1) is 0 Å². The van der Waals surface area contributed by atoms with Gasteiger partial charge in [0.05, 0.1) is 33.5 Å². The van der Waals surface area contributed by atoms with Crippen molar-refractivity contribution in [2.45, 2.75) is 0 Å². The van der Waals surface area contributed by atoms with Crippen LogP contribution in [-0.4, -0.2) is 19.1 Å². The predicted molar refractivity (Wildman–Crippen MR) is 249 cm³/mol. The molecular weight excluding hydrogens is 729 g/mol. The molecule has 0 amide bonds. The zero-order valence-corrected chi connectivity index (χ0v) is 32.4. The van der Waals surface area contributed by atoms with Crippen LogP contribution in [-0.2, 0) is 0 Å². The summed E-state index contributed by atoms with van der Waals surface area (Å²) in [5.41, 5.74) is 16.9. The van der Waals surface area contributed by atoms with Gasteiger partial charge in [0, 0.05) is 55.2 Å². The van der Waals surface area contributed by atoms with Crippen molar-refractivity contribution in [2.24, 2.45) is 0 Å². The maximum atomic E-state index is 5.34. The number of aromatic nitrogens is 4. The maximum absolute atomic E-state index is 5.34. The molecular formula is C56H34N4. The highest BCUT2D eigenvalue weighted by molar-refractivity contribution is 6.22. The van der Waals surface area contributed by atoms with E-state index in [2.05, 4.69) is 209 Å². The minimum Gasteiger partial charge on any atom is -0.309 e. The molecule has 0 spiro atoms. The smallest absolute Gasteiger partial charge is 0.160 e. The molecule has 0 fully saturated rings. The standard InChI is InChI=1S/C56H34N4/c1-3-15-37(16-4-1)56-57-54(53-44-25-11-17-35-18-12-26-45(50(35)44)55(53)58-56)36-31-33-39(34-32-36)60-47-28-10-8-22-43(47)52-41(24-14-30-49(52)60)40-23-13-29-48-51(40)42-21-7-9-27-46(42)59(48)38-19-5-2-6-20-38/h1-34H. The van der Waals surface area contributed by atoms with Crippen LogP contribution in [0.1, 0.15) is 0 Å². The summed E-state index contributed by atoms with van der Waals surface area (Å²) in [4.78, 5) is 10.6. The molecule has 4 heteroatoms. The molecule has 0 aliphatic heterocycles. The van der Waals surface area contributed by atoms with Crippen LogP contribution >= 0.6 is 0 Å². The topological polar surface area (TPSA) is 35.6 Å². The third-order valence-electron chi connectivity index (χ3n) is 12.5. The van der Waals surface area contributed by atoms with Gasteiger partial charge in [-0.1, -0.05) is 158 Å². The normalized spacial score (nSPS) is 12.0. The summed E-state index contributed by atoms with van der Waals surface area (Å²) in [5.74, 6) is 0.732. The molecule has 0 N–H and O–H groups in total. The first kappa shape index (κ1) is 32.9. The number of nitrogens with zero attached hydrogens (tertiary/aromatic N) is 4. The molecule has 0 unspecified atom stereocenters. The van der Waals surface area contributed by atoms with Crippen LogP contribution in [0.25, 0.3) is 122 Å². The summed E-state index contributed by atoms with van der Waals surface area (Å²) in [6.07, 6.45) is 0. The monoisotopic (exact) mass is 762 g/mol. The fourth-order valence-electron chi connectivity index (χ4n) is 9.97. The Labute approximate surface area is 345 Å². The van der Waals surface area contributed by atoms with Gasteiger partial charge in [-0.2, -0.15) is 0 Å². The second-order valence-corrected chi connectivity index (χ2v) is 15.7. The lowest BCUT2D eigenvalue weighted by molar-refractivity contribution is 1.17. The zero-order valence-electron chi connectivity index (χ0n) is 32.4. The second-order valence-electron chi connectivity index (χ2n) is 15.7. The molecule has 1 aliphatic rings. The quantitative estimate of drug-likeness (QED) is 0.175. The van der Waals surface area contributed by atoms with Gasteiger partial charge in [-0.05, 0) is 76.0 Å². The van der Waals surface area contributed by atoms with Gasteiger partial charge in [-0.3, -0.25) is 0 Å². The maximum Gasteiger partial charge on any atom is 0.160 e. The molecule has 0 radical (unpaired) electrons. The highest BCUT2D eigenvalue weighted by atomic mass is 15.0. The first-order valence-corrected chi connectivity index (χ1v) is 20.5. The molecule has 12 aromatic rings. The first-order chi connectivity index (χ1) is 29.8. The van der Waals surface area contributed by atoms with Gasteiger partial charge in [0.1, 0.15) is 0 Å². The van der Waals surface area contributed by atoms with Crippen LogP contribution in [0.15, 0.2) is 206 Å². The number of hydrogen-bond acceptors (Lipinski definition) is 2. The summed E-state index contributed by atoms with van der Waals surface area (Å²) < 4.78 is 4.82. The number of para-hydroxylation sites is 3. The Morgan fingerprint density at radius 2 is 0.783 bits per heavy atom. The van der Waals surface area contributed by atoms with Gasteiger partial charge < -0.3 is 9.13 Å². The summed E-state index contributed by atoms with van der Waals surface area (Å²) in [6.45, 7) is 0. The van der Waals surface area contributed by atoms with Crippen molar-refractivity contribution in [3.8, 4) is 67.5 Å². The summed E-state index contributed by atoms with van der Waals surface area (Å²) in [7, 11) is 0. The molecule has 3 heterocycles. The first-order valence-electron chi connectivity index (χ1n) is 20.5. The fourth-order valence-corrected chi connectivity index (χ4v) is 9.97. The molecule has 0 bridgehead atoms.